The molecule has 0 bridgehead atoms. The summed E-state index contributed by atoms with van der Waals surface area (Å²) >= 11 is 11.9. The van der Waals surface area contributed by atoms with Gasteiger partial charge in [0, 0.05) is 10.0 Å². The minimum Gasteiger partial charge on any atom is -0.489 e. The molecule has 0 radical (unpaired) electrons. The fourth-order valence-corrected chi connectivity index (χ4v) is 2.32. The fourth-order valence-electron chi connectivity index (χ4n) is 2.02. The highest BCUT2D eigenvalue weighted by Gasteiger charge is 2.20. The normalized spacial score (nSPS) is 17.6. The minimum atomic E-state index is 0.119. The summed E-state index contributed by atoms with van der Waals surface area (Å²) in [5, 5.41) is 4.85. The lowest BCUT2D eigenvalue weighted by Crippen LogP contribution is -2.23. The molecule has 0 saturated carbocycles. The van der Waals surface area contributed by atoms with Gasteiger partial charge in [-0.2, -0.15) is 0 Å². The van der Waals surface area contributed by atoms with Gasteiger partial charge in [0.05, 0.1) is 11.7 Å². The highest BCUT2D eigenvalue weighted by atomic mass is 35.5. The molecular weight excluding hydrogens is 269 g/mol. The Bertz CT molecular complexity index is 569. The smallest absolute Gasteiger partial charge is 0.142 e. The molecule has 4 heteroatoms. The van der Waals surface area contributed by atoms with E-state index in [9.17, 15) is 0 Å². The van der Waals surface area contributed by atoms with E-state index in [2.05, 4.69) is 5.32 Å². The number of hydrogen-bond acceptors (Lipinski definition) is 2. The van der Waals surface area contributed by atoms with Gasteiger partial charge in [-0.25, -0.2) is 0 Å². The Hall–Kier alpha value is -1.38. The van der Waals surface area contributed by atoms with E-state index in [0.717, 1.165) is 22.0 Å². The molecular formula is C14H11Cl2NO. The molecule has 0 aliphatic carbocycles. The summed E-state index contributed by atoms with van der Waals surface area (Å²) in [6.07, 6.45) is 0. The summed E-state index contributed by atoms with van der Waals surface area (Å²) in [6, 6.07) is 13.5. The average molecular weight is 280 g/mol. The van der Waals surface area contributed by atoms with Crippen LogP contribution in [-0.2, 0) is 0 Å². The quantitative estimate of drug-likeness (QED) is 0.828. The zero-order chi connectivity index (χ0) is 12.5. The highest BCUT2D eigenvalue weighted by molar-refractivity contribution is 6.31. The molecule has 1 aliphatic heterocycles. The van der Waals surface area contributed by atoms with Crippen molar-refractivity contribution in [1.82, 2.24) is 0 Å². The van der Waals surface area contributed by atoms with Crippen molar-refractivity contribution in [3.63, 3.8) is 0 Å². The third-order valence-electron chi connectivity index (χ3n) is 2.95. The molecule has 1 heterocycles. The summed E-state index contributed by atoms with van der Waals surface area (Å²) in [5.74, 6) is 0.838. The number of hydrogen-bond donors (Lipinski definition) is 1. The number of rotatable bonds is 1. The zero-order valence-electron chi connectivity index (χ0n) is 9.49. The van der Waals surface area contributed by atoms with E-state index >= 15 is 0 Å². The van der Waals surface area contributed by atoms with Gasteiger partial charge in [0.25, 0.3) is 0 Å². The molecule has 2 aromatic carbocycles. The number of nitrogens with one attached hydrogen (secondary N) is 1. The molecule has 1 aliphatic rings. The summed E-state index contributed by atoms with van der Waals surface area (Å²) < 4.78 is 5.72. The Morgan fingerprint density at radius 1 is 1.00 bits per heavy atom. The van der Waals surface area contributed by atoms with Gasteiger partial charge >= 0.3 is 0 Å². The molecule has 0 aromatic heterocycles. The first kappa shape index (κ1) is 11.7. The number of ether oxygens (including phenoxy) is 1. The second-order valence-corrected chi connectivity index (χ2v) is 5.07. The zero-order valence-corrected chi connectivity index (χ0v) is 11.0. The van der Waals surface area contributed by atoms with Gasteiger partial charge in [-0.3, -0.25) is 0 Å². The second-order valence-electron chi connectivity index (χ2n) is 4.20. The van der Waals surface area contributed by atoms with Crippen LogP contribution in [0.25, 0.3) is 0 Å². The topological polar surface area (TPSA) is 21.3 Å². The average Bonchev–Trinajstić information content (AvgIpc) is 2.38. The van der Waals surface area contributed by atoms with E-state index in [4.69, 9.17) is 27.9 Å². The van der Waals surface area contributed by atoms with Gasteiger partial charge in [0.1, 0.15) is 12.4 Å². The highest BCUT2D eigenvalue weighted by Crippen LogP contribution is 2.35. The van der Waals surface area contributed by atoms with Crippen LogP contribution in [0.1, 0.15) is 11.6 Å². The predicted molar refractivity (Wildman–Crippen MR) is 74.8 cm³/mol. The van der Waals surface area contributed by atoms with Crippen molar-refractivity contribution < 1.29 is 4.74 Å². The summed E-state index contributed by atoms with van der Waals surface area (Å²) in [7, 11) is 0. The Morgan fingerprint density at radius 3 is 2.50 bits per heavy atom. The molecule has 1 N–H and O–H groups in total. The van der Waals surface area contributed by atoms with Crippen LogP contribution >= 0.6 is 23.2 Å². The van der Waals surface area contributed by atoms with E-state index < -0.39 is 0 Å². The Labute approximate surface area is 115 Å². The first-order valence-corrected chi connectivity index (χ1v) is 6.42. The van der Waals surface area contributed by atoms with Gasteiger partial charge < -0.3 is 10.1 Å². The first-order valence-electron chi connectivity index (χ1n) is 5.67. The molecule has 2 aromatic rings. The van der Waals surface area contributed by atoms with Gasteiger partial charge in [-0.15, -0.1) is 0 Å². The largest absolute Gasteiger partial charge is 0.489 e. The maximum atomic E-state index is 5.98. The summed E-state index contributed by atoms with van der Waals surface area (Å²) in [6.45, 7) is 0.594. The Balaban J connectivity index is 1.88. The minimum absolute atomic E-state index is 0.119. The van der Waals surface area contributed by atoms with Crippen LogP contribution in [0.5, 0.6) is 5.75 Å². The second kappa shape index (κ2) is 4.71. The van der Waals surface area contributed by atoms with E-state index in [1.807, 2.05) is 42.5 Å². The molecule has 0 amide bonds. The molecule has 0 saturated heterocycles. The maximum absolute atomic E-state index is 5.98. The summed E-state index contributed by atoms with van der Waals surface area (Å²) in [5.41, 5.74) is 2.07. The van der Waals surface area contributed by atoms with Crippen molar-refractivity contribution in [2.24, 2.45) is 0 Å². The molecule has 1 unspecified atom stereocenters. The standard InChI is InChI=1S/C14H11Cl2NO/c15-10-3-1-9(2-4-10)13-8-18-14-6-5-11(16)7-12(14)17-13/h1-7,13,17H,8H2. The van der Waals surface area contributed by atoms with Crippen molar-refractivity contribution in [2.45, 2.75) is 6.04 Å². The summed E-state index contributed by atoms with van der Waals surface area (Å²) in [4.78, 5) is 0. The lowest BCUT2D eigenvalue weighted by Gasteiger charge is -2.28. The van der Waals surface area contributed by atoms with Crippen molar-refractivity contribution in [3.8, 4) is 5.75 Å². The lowest BCUT2D eigenvalue weighted by molar-refractivity contribution is 0.286. The molecule has 92 valence electrons. The van der Waals surface area contributed by atoms with Crippen LogP contribution in [0.15, 0.2) is 42.5 Å². The molecule has 3 rings (SSSR count). The lowest BCUT2D eigenvalue weighted by atomic mass is 10.1. The fraction of sp³-hybridized carbons (Fsp3) is 0.143. The Kier molecular flexibility index (Phi) is 3.06. The monoisotopic (exact) mass is 279 g/mol. The van der Waals surface area contributed by atoms with Crippen LogP contribution in [0.2, 0.25) is 10.0 Å². The van der Waals surface area contributed by atoms with Crippen molar-refractivity contribution in [3.05, 3.63) is 58.1 Å². The first-order chi connectivity index (χ1) is 8.72. The van der Waals surface area contributed by atoms with Gasteiger partial charge in [0.2, 0.25) is 0 Å². The van der Waals surface area contributed by atoms with E-state index in [1.165, 1.54) is 0 Å². The van der Waals surface area contributed by atoms with Gasteiger partial charge in [0.15, 0.2) is 0 Å². The number of benzene rings is 2. The molecule has 0 spiro atoms. The molecule has 18 heavy (non-hydrogen) atoms. The van der Waals surface area contributed by atoms with Gasteiger partial charge in [-0.05, 0) is 35.9 Å². The van der Waals surface area contributed by atoms with Crippen molar-refractivity contribution in [1.29, 1.82) is 0 Å². The number of anilines is 1. The molecule has 1 atom stereocenters. The van der Waals surface area contributed by atoms with Crippen LogP contribution in [0.4, 0.5) is 5.69 Å². The van der Waals surface area contributed by atoms with Crippen molar-refractivity contribution >= 4 is 28.9 Å². The predicted octanol–water partition coefficient (Wildman–Crippen LogP) is 4.54. The van der Waals surface area contributed by atoms with Crippen LogP contribution in [0, 0.1) is 0 Å². The maximum Gasteiger partial charge on any atom is 0.142 e. The van der Waals surface area contributed by atoms with Crippen LogP contribution in [0.3, 0.4) is 0 Å². The SMILES string of the molecule is Clc1ccc(C2COc3ccc(Cl)cc3N2)cc1. The number of fused-ring (bicyclic) bond motifs is 1. The van der Waals surface area contributed by atoms with Gasteiger partial charge in [-0.1, -0.05) is 35.3 Å². The number of halogens is 2. The third kappa shape index (κ3) is 2.26. The van der Waals surface area contributed by atoms with E-state index in [1.54, 1.807) is 0 Å². The Morgan fingerprint density at radius 2 is 1.72 bits per heavy atom. The third-order valence-corrected chi connectivity index (χ3v) is 3.44. The van der Waals surface area contributed by atoms with Crippen LogP contribution < -0.4 is 10.1 Å². The van der Waals surface area contributed by atoms with Crippen molar-refractivity contribution in [2.75, 3.05) is 11.9 Å². The molecule has 2 nitrogen and oxygen atoms in total. The van der Waals surface area contributed by atoms with E-state index in [-0.39, 0.29) is 6.04 Å². The van der Waals surface area contributed by atoms with E-state index in [0.29, 0.717) is 11.6 Å². The van der Waals surface area contributed by atoms with Crippen LogP contribution in [-0.4, -0.2) is 6.61 Å². The molecule has 0 fully saturated rings.